The molecule has 0 spiro atoms. The summed E-state index contributed by atoms with van der Waals surface area (Å²) in [5.74, 6) is 2.21. The zero-order chi connectivity index (χ0) is 26.9. The third-order valence-electron chi connectivity index (χ3n) is 7.91. The molecule has 11 nitrogen and oxygen atoms in total. The first-order valence-electron chi connectivity index (χ1n) is 13.4. The normalized spacial score (nSPS) is 31.8. The molecule has 218 valence electrons. The third kappa shape index (κ3) is 9.47. The van der Waals surface area contributed by atoms with Crippen LogP contribution in [0.15, 0.2) is 0 Å². The molecule has 4 atom stereocenters. The summed E-state index contributed by atoms with van der Waals surface area (Å²) in [6.07, 6.45) is 16.3. The molecule has 0 N–H and O–H groups in total. The number of phosphoric acid groups is 3. The van der Waals surface area contributed by atoms with Crippen LogP contribution in [0, 0.1) is 17.8 Å². The number of ether oxygens (including phenoxy) is 1. The average Bonchev–Trinajstić information content (AvgIpc) is 3.34. The summed E-state index contributed by atoms with van der Waals surface area (Å²) in [6, 6.07) is 0. The highest BCUT2D eigenvalue weighted by Gasteiger charge is 2.47. The summed E-state index contributed by atoms with van der Waals surface area (Å²) in [5.41, 5.74) is 0. The molecule has 1 saturated heterocycles. The fraction of sp³-hybridized carbons (Fsp3) is 1.00. The van der Waals surface area contributed by atoms with Gasteiger partial charge in [-0.05, 0) is 43.4 Å². The molecule has 0 aromatic rings. The second-order valence-corrected chi connectivity index (χ2v) is 15.9. The van der Waals surface area contributed by atoms with Crippen molar-refractivity contribution in [3.8, 4) is 0 Å². The van der Waals surface area contributed by atoms with E-state index in [2.05, 4.69) is 13.6 Å². The van der Waals surface area contributed by atoms with Gasteiger partial charge in [-0.1, -0.05) is 57.8 Å². The van der Waals surface area contributed by atoms with Crippen molar-refractivity contribution < 1.29 is 49.7 Å². The fourth-order valence-electron chi connectivity index (χ4n) is 5.66. The molecule has 0 aromatic heterocycles. The van der Waals surface area contributed by atoms with E-state index < -0.39 is 23.5 Å². The highest BCUT2D eigenvalue weighted by molar-refractivity contribution is 7.67. The van der Waals surface area contributed by atoms with Crippen molar-refractivity contribution in [2.24, 2.45) is 17.8 Å². The Labute approximate surface area is 221 Å². The minimum absolute atomic E-state index is 0.0870. The Hall–Kier alpha value is 0.370. The molecule has 1 aliphatic heterocycles. The average molecular weight is 591 g/mol. The van der Waals surface area contributed by atoms with Crippen molar-refractivity contribution in [3.63, 3.8) is 0 Å². The lowest BCUT2D eigenvalue weighted by Crippen LogP contribution is -2.37. The summed E-state index contributed by atoms with van der Waals surface area (Å²) < 4.78 is 77.9. The lowest BCUT2D eigenvalue weighted by atomic mass is 9.64. The van der Waals surface area contributed by atoms with Gasteiger partial charge in [0.1, 0.15) is 0 Å². The molecule has 14 heteroatoms. The second kappa shape index (κ2) is 14.8. The highest BCUT2D eigenvalue weighted by atomic mass is 31.3. The first-order valence-corrected chi connectivity index (χ1v) is 17.8. The van der Waals surface area contributed by atoms with Gasteiger partial charge in [0.2, 0.25) is 0 Å². The molecule has 3 aliphatic rings. The summed E-state index contributed by atoms with van der Waals surface area (Å²) in [5, 5.41) is 0. The number of rotatable bonds is 13. The molecule has 1 heterocycles. The Kier molecular flexibility index (Phi) is 12.8. The molecule has 0 amide bonds. The monoisotopic (exact) mass is 590 g/mol. The largest absolute Gasteiger partial charge is 0.492 e. The van der Waals surface area contributed by atoms with Crippen molar-refractivity contribution >= 4 is 23.5 Å². The van der Waals surface area contributed by atoms with Crippen LogP contribution in [0.3, 0.4) is 0 Å². The van der Waals surface area contributed by atoms with E-state index in [0.29, 0.717) is 5.92 Å². The summed E-state index contributed by atoms with van der Waals surface area (Å²) in [7, 11) is -9.27. The minimum atomic E-state index is -4.68. The number of phosphoric ester groups is 2. The molecule has 2 saturated carbocycles. The van der Waals surface area contributed by atoms with Crippen LogP contribution in [0.25, 0.3) is 0 Å². The van der Waals surface area contributed by atoms with Crippen LogP contribution in [0.4, 0.5) is 0 Å². The standard InChI is InChI=1S/C23H45O11P3/c1-27-35(24,28-2)33-37(26,30-4)34-36(25,29-3)31-18-22-14-15-23(32-22)21-16-20(17-21)19-12-10-8-6-5-7-9-11-13-19/h19-23H,5-18H2,1-4H3/t20?,21?,22?,23-,36?,37?/m1/s1. The van der Waals surface area contributed by atoms with Crippen LogP contribution in [0.5, 0.6) is 0 Å². The molecule has 0 radical (unpaired) electrons. The van der Waals surface area contributed by atoms with Gasteiger partial charge in [0.25, 0.3) is 0 Å². The highest BCUT2D eigenvalue weighted by Crippen LogP contribution is 2.72. The molecule has 0 aromatic carbocycles. The summed E-state index contributed by atoms with van der Waals surface area (Å²) >= 11 is 0. The Morgan fingerprint density at radius 2 is 1.11 bits per heavy atom. The lowest BCUT2D eigenvalue weighted by Gasteiger charge is -2.43. The Bertz CT molecular complexity index is 817. The van der Waals surface area contributed by atoms with E-state index in [9.17, 15) is 13.7 Å². The smallest absolute Gasteiger partial charge is 0.372 e. The second-order valence-electron chi connectivity index (χ2n) is 10.2. The lowest BCUT2D eigenvalue weighted by molar-refractivity contribution is -0.0558. The topological polar surface area (TPSA) is 125 Å². The number of hydrogen-bond acceptors (Lipinski definition) is 11. The van der Waals surface area contributed by atoms with Gasteiger partial charge in [-0.3, -0.25) is 22.6 Å². The van der Waals surface area contributed by atoms with E-state index in [1.807, 2.05) is 0 Å². The van der Waals surface area contributed by atoms with E-state index >= 15 is 0 Å². The van der Waals surface area contributed by atoms with Crippen molar-refractivity contribution in [2.75, 3.05) is 35.0 Å². The Balaban J connectivity index is 1.45. The molecular formula is C23H45O11P3. The van der Waals surface area contributed by atoms with Crippen molar-refractivity contribution in [1.29, 1.82) is 0 Å². The van der Waals surface area contributed by atoms with Crippen molar-refractivity contribution in [3.05, 3.63) is 0 Å². The van der Waals surface area contributed by atoms with Gasteiger partial charge in [-0.2, -0.15) is 8.62 Å². The summed E-state index contributed by atoms with van der Waals surface area (Å²) in [4.78, 5) is 0. The molecule has 37 heavy (non-hydrogen) atoms. The molecule has 0 bridgehead atoms. The van der Waals surface area contributed by atoms with E-state index in [-0.39, 0.29) is 18.8 Å². The molecule has 3 rings (SSSR count). The quantitative estimate of drug-likeness (QED) is 0.196. The Morgan fingerprint density at radius 3 is 1.65 bits per heavy atom. The predicted molar refractivity (Wildman–Crippen MR) is 138 cm³/mol. The van der Waals surface area contributed by atoms with Crippen molar-refractivity contribution in [1.82, 2.24) is 0 Å². The first-order chi connectivity index (χ1) is 17.7. The van der Waals surface area contributed by atoms with Gasteiger partial charge < -0.3 is 4.74 Å². The van der Waals surface area contributed by atoms with Crippen LogP contribution in [0.2, 0.25) is 0 Å². The van der Waals surface area contributed by atoms with Gasteiger partial charge >= 0.3 is 23.5 Å². The van der Waals surface area contributed by atoms with Gasteiger partial charge in [-0.25, -0.2) is 13.7 Å². The predicted octanol–water partition coefficient (Wildman–Crippen LogP) is 7.66. The van der Waals surface area contributed by atoms with Gasteiger partial charge in [0, 0.05) is 28.4 Å². The van der Waals surface area contributed by atoms with Crippen LogP contribution in [-0.2, 0) is 49.7 Å². The van der Waals surface area contributed by atoms with Crippen LogP contribution in [0.1, 0.15) is 83.5 Å². The zero-order valence-corrected chi connectivity index (χ0v) is 25.3. The first kappa shape index (κ1) is 31.9. The summed E-state index contributed by atoms with van der Waals surface area (Å²) in [6.45, 7) is -0.0870. The third-order valence-corrected chi connectivity index (χ3v) is 13.4. The number of hydrogen-bond donors (Lipinski definition) is 0. The van der Waals surface area contributed by atoms with E-state index in [0.717, 1.165) is 53.1 Å². The van der Waals surface area contributed by atoms with Gasteiger partial charge in [0.15, 0.2) is 0 Å². The minimum Gasteiger partial charge on any atom is -0.372 e. The van der Waals surface area contributed by atoms with Gasteiger partial charge in [-0.15, -0.1) is 0 Å². The van der Waals surface area contributed by atoms with E-state index in [4.69, 9.17) is 22.4 Å². The molecule has 3 fully saturated rings. The van der Waals surface area contributed by atoms with Crippen LogP contribution in [-0.4, -0.2) is 47.3 Å². The fourth-order valence-corrected chi connectivity index (χ4v) is 10.1. The van der Waals surface area contributed by atoms with Crippen LogP contribution >= 0.6 is 23.5 Å². The Morgan fingerprint density at radius 1 is 0.595 bits per heavy atom. The van der Waals surface area contributed by atoms with Crippen molar-refractivity contribution in [2.45, 2.75) is 95.7 Å². The maximum absolute atomic E-state index is 12.9. The van der Waals surface area contributed by atoms with E-state index in [1.165, 1.54) is 70.6 Å². The molecule has 3 unspecified atom stereocenters. The zero-order valence-electron chi connectivity index (χ0n) is 22.6. The maximum atomic E-state index is 12.9. The molecular weight excluding hydrogens is 545 g/mol. The SMILES string of the molecule is COP(=O)(OC)OP(=O)(OC)OP(=O)(OC)OCC1CC[C@H](C2CC(C3CCCCCCCCC3)C2)O1. The van der Waals surface area contributed by atoms with Gasteiger partial charge in [0.05, 0.1) is 18.8 Å². The van der Waals surface area contributed by atoms with E-state index in [1.54, 1.807) is 0 Å². The van der Waals surface area contributed by atoms with Crippen LogP contribution < -0.4 is 0 Å². The molecule has 2 aliphatic carbocycles. The maximum Gasteiger partial charge on any atom is 0.492 e.